The van der Waals surface area contributed by atoms with Crippen molar-refractivity contribution in [1.82, 2.24) is 20.0 Å². The molecule has 2 aromatic heterocycles. The second kappa shape index (κ2) is 5.57. The van der Waals surface area contributed by atoms with Gasteiger partial charge in [-0.15, -0.1) is 5.10 Å². The third kappa shape index (κ3) is 2.75. The van der Waals surface area contributed by atoms with Crippen LogP contribution in [0, 0.1) is 0 Å². The minimum atomic E-state index is -2.66. The predicted molar refractivity (Wildman–Crippen MR) is 74.6 cm³/mol. The van der Waals surface area contributed by atoms with Gasteiger partial charge in [-0.3, -0.25) is 4.98 Å². The molecule has 0 spiro atoms. The zero-order chi connectivity index (χ0) is 14.8. The molecule has 3 rings (SSSR count). The Morgan fingerprint density at radius 1 is 1.10 bits per heavy atom. The number of hydrogen-bond acceptors (Lipinski definition) is 3. The third-order valence-electron chi connectivity index (χ3n) is 2.93. The zero-order valence-electron chi connectivity index (χ0n) is 10.6. The molecule has 0 N–H and O–H groups in total. The number of alkyl halides is 2. The molecule has 0 atom stereocenters. The van der Waals surface area contributed by atoms with E-state index >= 15 is 0 Å². The van der Waals surface area contributed by atoms with Crippen LogP contribution in [-0.4, -0.2) is 20.0 Å². The summed E-state index contributed by atoms with van der Waals surface area (Å²) in [7, 11) is 0. The first-order chi connectivity index (χ1) is 10.1. The van der Waals surface area contributed by atoms with Crippen LogP contribution in [0.2, 0.25) is 5.02 Å². The van der Waals surface area contributed by atoms with Gasteiger partial charge in [0, 0.05) is 23.0 Å². The average molecular weight is 307 g/mol. The van der Waals surface area contributed by atoms with Gasteiger partial charge in [0.05, 0.1) is 11.9 Å². The van der Waals surface area contributed by atoms with Gasteiger partial charge in [0.1, 0.15) is 5.69 Å². The largest absolute Gasteiger partial charge is 0.283 e. The van der Waals surface area contributed by atoms with Crippen LogP contribution in [0.3, 0.4) is 0 Å². The van der Waals surface area contributed by atoms with E-state index in [4.69, 9.17) is 11.6 Å². The number of nitrogens with zero attached hydrogens (tertiary/aromatic N) is 4. The van der Waals surface area contributed by atoms with E-state index in [2.05, 4.69) is 15.3 Å². The Labute approximate surface area is 124 Å². The van der Waals surface area contributed by atoms with Crippen LogP contribution in [0.4, 0.5) is 8.78 Å². The van der Waals surface area contributed by atoms with Crippen LogP contribution in [0.5, 0.6) is 0 Å². The number of aromatic nitrogens is 4. The summed E-state index contributed by atoms with van der Waals surface area (Å²) in [6.07, 6.45) is 1.84. The highest BCUT2D eigenvalue weighted by molar-refractivity contribution is 6.31. The normalized spacial score (nSPS) is 11.0. The highest BCUT2D eigenvalue weighted by Crippen LogP contribution is 2.29. The molecule has 1 aromatic carbocycles. The molecule has 21 heavy (non-hydrogen) atoms. The van der Waals surface area contributed by atoms with Crippen molar-refractivity contribution in [2.45, 2.75) is 6.43 Å². The van der Waals surface area contributed by atoms with E-state index in [1.54, 1.807) is 42.7 Å². The molecule has 7 heteroatoms. The van der Waals surface area contributed by atoms with Crippen molar-refractivity contribution < 1.29 is 8.78 Å². The van der Waals surface area contributed by atoms with Crippen LogP contribution < -0.4 is 0 Å². The Morgan fingerprint density at radius 2 is 1.86 bits per heavy atom. The fourth-order valence-corrected chi connectivity index (χ4v) is 2.14. The fourth-order valence-electron chi connectivity index (χ4n) is 1.97. The lowest BCUT2D eigenvalue weighted by molar-refractivity contribution is 0.146. The quantitative estimate of drug-likeness (QED) is 0.736. The van der Waals surface area contributed by atoms with Gasteiger partial charge in [0.25, 0.3) is 6.43 Å². The van der Waals surface area contributed by atoms with Crippen molar-refractivity contribution >= 4 is 11.6 Å². The van der Waals surface area contributed by atoms with Crippen molar-refractivity contribution in [3.63, 3.8) is 0 Å². The van der Waals surface area contributed by atoms with Gasteiger partial charge in [-0.25, -0.2) is 13.5 Å². The summed E-state index contributed by atoms with van der Waals surface area (Å²) in [5.41, 5.74) is 1.86. The molecule has 106 valence electrons. The van der Waals surface area contributed by atoms with Gasteiger partial charge in [-0.05, 0) is 35.9 Å². The SMILES string of the molecule is FC(F)c1cn(-c2ccc(Cl)cc2-c2ccncc2)nn1. The molecule has 0 saturated heterocycles. The van der Waals surface area contributed by atoms with Crippen LogP contribution in [0.1, 0.15) is 12.1 Å². The second-order valence-electron chi connectivity index (χ2n) is 4.29. The van der Waals surface area contributed by atoms with Crippen molar-refractivity contribution in [2.24, 2.45) is 0 Å². The van der Waals surface area contributed by atoms with E-state index < -0.39 is 6.43 Å². The summed E-state index contributed by atoms with van der Waals surface area (Å²) in [6, 6.07) is 8.74. The average Bonchev–Trinajstić information content (AvgIpc) is 2.98. The van der Waals surface area contributed by atoms with Crippen molar-refractivity contribution in [3.8, 4) is 16.8 Å². The summed E-state index contributed by atoms with van der Waals surface area (Å²) < 4.78 is 26.6. The maximum Gasteiger partial charge on any atom is 0.283 e. The van der Waals surface area contributed by atoms with E-state index in [1.165, 1.54) is 10.9 Å². The Balaban J connectivity index is 2.14. The molecule has 2 heterocycles. The molecule has 0 radical (unpaired) electrons. The predicted octanol–water partition coefficient (Wildman–Crippen LogP) is 3.92. The molecule has 0 unspecified atom stereocenters. The molecule has 0 fully saturated rings. The molecule has 0 saturated carbocycles. The van der Waals surface area contributed by atoms with E-state index in [9.17, 15) is 8.78 Å². The van der Waals surface area contributed by atoms with E-state index in [0.29, 0.717) is 10.7 Å². The smallest absolute Gasteiger partial charge is 0.265 e. The van der Waals surface area contributed by atoms with E-state index in [0.717, 1.165) is 11.1 Å². The molecule has 0 aliphatic heterocycles. The Kier molecular flexibility index (Phi) is 3.62. The van der Waals surface area contributed by atoms with Gasteiger partial charge in [0.15, 0.2) is 0 Å². The van der Waals surface area contributed by atoms with Crippen LogP contribution in [-0.2, 0) is 0 Å². The van der Waals surface area contributed by atoms with Crippen LogP contribution >= 0.6 is 11.6 Å². The minimum absolute atomic E-state index is 0.370. The molecule has 0 aliphatic carbocycles. The second-order valence-corrected chi connectivity index (χ2v) is 4.72. The van der Waals surface area contributed by atoms with Gasteiger partial charge in [0.2, 0.25) is 0 Å². The number of hydrogen-bond donors (Lipinski definition) is 0. The summed E-state index contributed by atoms with van der Waals surface area (Å²) in [5, 5.41) is 7.76. The Bertz CT molecular complexity index is 759. The lowest BCUT2D eigenvalue weighted by Gasteiger charge is -2.09. The van der Waals surface area contributed by atoms with Crippen LogP contribution in [0.15, 0.2) is 48.9 Å². The molecule has 4 nitrogen and oxygen atoms in total. The molecule has 0 aliphatic rings. The first kappa shape index (κ1) is 13.6. The van der Waals surface area contributed by atoms with Crippen molar-refractivity contribution in [2.75, 3.05) is 0 Å². The maximum atomic E-state index is 12.6. The monoisotopic (exact) mass is 306 g/mol. The molecule has 0 amide bonds. The van der Waals surface area contributed by atoms with E-state index in [1.807, 2.05) is 0 Å². The standard InChI is InChI=1S/C14H9ClF2N4/c15-10-1-2-13(21-8-12(14(16)17)19-20-21)11(7-10)9-3-5-18-6-4-9/h1-8,14H. The summed E-state index contributed by atoms with van der Waals surface area (Å²) in [6.45, 7) is 0. The van der Waals surface area contributed by atoms with E-state index in [-0.39, 0.29) is 5.69 Å². The fraction of sp³-hybridized carbons (Fsp3) is 0.0714. The number of rotatable bonds is 3. The van der Waals surface area contributed by atoms with Gasteiger partial charge in [-0.1, -0.05) is 16.8 Å². The maximum absolute atomic E-state index is 12.6. The van der Waals surface area contributed by atoms with Gasteiger partial charge < -0.3 is 0 Å². The lowest BCUT2D eigenvalue weighted by atomic mass is 10.1. The van der Waals surface area contributed by atoms with Crippen LogP contribution in [0.25, 0.3) is 16.8 Å². The number of halogens is 3. The topological polar surface area (TPSA) is 43.6 Å². The van der Waals surface area contributed by atoms with Crippen molar-refractivity contribution in [3.05, 3.63) is 59.6 Å². The van der Waals surface area contributed by atoms with Gasteiger partial charge in [-0.2, -0.15) is 0 Å². The summed E-state index contributed by atoms with van der Waals surface area (Å²) in [5.74, 6) is 0. The molecular weight excluding hydrogens is 298 g/mol. The summed E-state index contributed by atoms with van der Waals surface area (Å²) in [4.78, 5) is 3.96. The van der Waals surface area contributed by atoms with Crippen molar-refractivity contribution in [1.29, 1.82) is 0 Å². The molecule has 3 aromatic rings. The minimum Gasteiger partial charge on any atom is -0.265 e. The first-order valence-electron chi connectivity index (χ1n) is 6.06. The first-order valence-corrected chi connectivity index (χ1v) is 6.43. The number of benzene rings is 1. The third-order valence-corrected chi connectivity index (χ3v) is 3.17. The zero-order valence-corrected chi connectivity index (χ0v) is 11.4. The molecule has 0 bridgehead atoms. The Hall–Kier alpha value is -2.34. The number of pyridine rings is 1. The highest BCUT2D eigenvalue weighted by Gasteiger charge is 2.15. The summed E-state index contributed by atoms with van der Waals surface area (Å²) >= 11 is 6.03. The lowest BCUT2D eigenvalue weighted by Crippen LogP contribution is -1.98. The van der Waals surface area contributed by atoms with Gasteiger partial charge >= 0.3 is 0 Å². The highest BCUT2D eigenvalue weighted by atomic mass is 35.5. The molecular formula is C14H9ClF2N4. The Morgan fingerprint density at radius 3 is 2.52 bits per heavy atom.